The Balaban J connectivity index is 2.42. The molecular weight excluding hydrogens is 254 g/mol. The summed E-state index contributed by atoms with van der Waals surface area (Å²) in [6.45, 7) is 2.29. The molecule has 1 aromatic carbocycles. The third-order valence-electron chi connectivity index (χ3n) is 2.07. The lowest BCUT2D eigenvalue weighted by atomic mass is 10.2. The van der Waals surface area contributed by atoms with Gasteiger partial charge in [-0.1, -0.05) is 29.8 Å². The number of carbonyl (C=O) groups excluding carboxylic acids is 2. The molecule has 0 aliphatic carbocycles. The Labute approximate surface area is 111 Å². The van der Waals surface area contributed by atoms with Crippen molar-refractivity contribution in [3.8, 4) is 0 Å². The molecule has 18 heavy (non-hydrogen) atoms. The fraction of sp³-hybridized carbons (Fsp3) is 0.231. The molecule has 4 nitrogen and oxygen atoms in total. The number of benzene rings is 1. The van der Waals surface area contributed by atoms with E-state index in [9.17, 15) is 9.59 Å². The zero-order valence-electron chi connectivity index (χ0n) is 9.98. The summed E-state index contributed by atoms with van der Waals surface area (Å²) < 4.78 is 4.65. The topological polar surface area (TPSA) is 55.4 Å². The number of nitrogens with one attached hydrogen (secondary N) is 1. The van der Waals surface area contributed by atoms with Crippen LogP contribution in [-0.2, 0) is 20.9 Å². The summed E-state index contributed by atoms with van der Waals surface area (Å²) in [4.78, 5) is 22.4. The highest BCUT2D eigenvalue weighted by Crippen LogP contribution is 2.14. The van der Waals surface area contributed by atoms with Gasteiger partial charge in [0.1, 0.15) is 0 Å². The van der Waals surface area contributed by atoms with Crippen LogP contribution >= 0.6 is 11.6 Å². The number of halogens is 1. The van der Waals surface area contributed by atoms with Gasteiger partial charge < -0.3 is 10.1 Å². The highest BCUT2D eigenvalue weighted by atomic mass is 35.5. The molecule has 5 heteroatoms. The summed E-state index contributed by atoms with van der Waals surface area (Å²) >= 11 is 5.93. The SMILES string of the molecule is CCOC(=O)/C=C/C(=O)NCc1ccccc1Cl. The van der Waals surface area contributed by atoms with Crippen molar-refractivity contribution < 1.29 is 14.3 Å². The molecular formula is C13H14ClNO3. The van der Waals surface area contributed by atoms with Crippen molar-refractivity contribution in [3.05, 3.63) is 47.0 Å². The smallest absolute Gasteiger partial charge is 0.330 e. The molecule has 1 rings (SSSR count). The van der Waals surface area contributed by atoms with Crippen molar-refractivity contribution in [1.82, 2.24) is 5.32 Å². The van der Waals surface area contributed by atoms with Crippen molar-refractivity contribution in [2.24, 2.45) is 0 Å². The molecule has 1 N–H and O–H groups in total. The lowest BCUT2D eigenvalue weighted by molar-refractivity contribution is -0.137. The van der Waals surface area contributed by atoms with E-state index in [1.165, 1.54) is 0 Å². The molecule has 0 atom stereocenters. The summed E-state index contributed by atoms with van der Waals surface area (Å²) in [6.07, 6.45) is 2.22. The largest absolute Gasteiger partial charge is 0.463 e. The van der Waals surface area contributed by atoms with Gasteiger partial charge in [-0.3, -0.25) is 4.79 Å². The third kappa shape index (κ3) is 5.01. The Bertz CT molecular complexity index is 457. The number of carbonyl (C=O) groups is 2. The molecule has 0 saturated carbocycles. The summed E-state index contributed by atoms with van der Waals surface area (Å²) in [5.74, 6) is -0.909. The summed E-state index contributed by atoms with van der Waals surface area (Å²) in [6, 6.07) is 7.21. The predicted octanol–water partition coefficient (Wildman–Crippen LogP) is 2.08. The molecule has 0 fully saturated rings. The van der Waals surface area contributed by atoms with Gasteiger partial charge in [0.25, 0.3) is 0 Å². The highest BCUT2D eigenvalue weighted by molar-refractivity contribution is 6.31. The minimum atomic E-state index is -0.537. The van der Waals surface area contributed by atoms with Gasteiger partial charge in [0, 0.05) is 23.7 Å². The van der Waals surface area contributed by atoms with Crippen molar-refractivity contribution in [2.45, 2.75) is 13.5 Å². The van der Waals surface area contributed by atoms with Gasteiger partial charge in [-0.2, -0.15) is 0 Å². The van der Waals surface area contributed by atoms with E-state index in [0.29, 0.717) is 11.6 Å². The number of hydrogen-bond acceptors (Lipinski definition) is 3. The van der Waals surface area contributed by atoms with E-state index >= 15 is 0 Å². The van der Waals surface area contributed by atoms with Gasteiger partial charge in [-0.25, -0.2) is 4.79 Å². The molecule has 0 unspecified atom stereocenters. The van der Waals surface area contributed by atoms with Crippen molar-refractivity contribution >= 4 is 23.5 Å². The zero-order chi connectivity index (χ0) is 13.4. The number of hydrogen-bond donors (Lipinski definition) is 1. The van der Waals surface area contributed by atoms with Crippen LogP contribution in [0.2, 0.25) is 5.02 Å². The average molecular weight is 268 g/mol. The van der Waals surface area contributed by atoms with E-state index in [1.54, 1.807) is 13.0 Å². The van der Waals surface area contributed by atoms with Gasteiger partial charge in [-0.15, -0.1) is 0 Å². The maximum atomic E-state index is 11.4. The maximum Gasteiger partial charge on any atom is 0.330 e. The molecule has 0 aliphatic heterocycles. The van der Waals surface area contributed by atoms with Crippen LogP contribution < -0.4 is 5.32 Å². The van der Waals surface area contributed by atoms with Crippen molar-refractivity contribution in [2.75, 3.05) is 6.61 Å². The second kappa shape index (κ2) is 7.50. The minimum Gasteiger partial charge on any atom is -0.463 e. The Morgan fingerprint density at radius 2 is 2.06 bits per heavy atom. The van der Waals surface area contributed by atoms with E-state index in [-0.39, 0.29) is 12.5 Å². The van der Waals surface area contributed by atoms with E-state index in [0.717, 1.165) is 17.7 Å². The van der Waals surface area contributed by atoms with Crippen molar-refractivity contribution in [3.63, 3.8) is 0 Å². The minimum absolute atomic E-state index is 0.282. The third-order valence-corrected chi connectivity index (χ3v) is 2.44. The number of amides is 1. The van der Waals surface area contributed by atoms with E-state index in [4.69, 9.17) is 11.6 Å². The van der Waals surface area contributed by atoms with Gasteiger partial charge in [0.15, 0.2) is 0 Å². The molecule has 0 bridgehead atoms. The Hall–Kier alpha value is -1.81. The molecule has 0 aliphatic rings. The van der Waals surface area contributed by atoms with Gasteiger partial charge in [0.05, 0.1) is 6.61 Å². The predicted molar refractivity (Wildman–Crippen MR) is 69.1 cm³/mol. The highest BCUT2D eigenvalue weighted by Gasteiger charge is 2.01. The molecule has 0 aromatic heterocycles. The lowest BCUT2D eigenvalue weighted by Crippen LogP contribution is -2.20. The maximum absolute atomic E-state index is 11.4. The van der Waals surface area contributed by atoms with Crippen LogP contribution in [0.5, 0.6) is 0 Å². The Kier molecular flexibility index (Phi) is 5.94. The van der Waals surface area contributed by atoms with Gasteiger partial charge in [-0.05, 0) is 18.6 Å². The molecule has 96 valence electrons. The first-order valence-corrected chi connectivity index (χ1v) is 5.87. The summed E-state index contributed by atoms with van der Waals surface area (Å²) in [7, 11) is 0. The Morgan fingerprint density at radius 3 is 2.72 bits per heavy atom. The number of esters is 1. The fourth-order valence-electron chi connectivity index (χ4n) is 1.22. The lowest BCUT2D eigenvalue weighted by Gasteiger charge is -2.04. The standard InChI is InChI=1S/C13H14ClNO3/c1-2-18-13(17)8-7-12(16)15-9-10-5-3-4-6-11(10)14/h3-8H,2,9H2,1H3,(H,15,16)/b8-7+. The average Bonchev–Trinajstić information content (AvgIpc) is 2.36. The first kappa shape index (κ1) is 14.3. The first-order valence-electron chi connectivity index (χ1n) is 5.49. The van der Waals surface area contributed by atoms with Crippen LogP contribution in [0.25, 0.3) is 0 Å². The molecule has 0 radical (unpaired) electrons. The van der Waals surface area contributed by atoms with Crippen LogP contribution in [0, 0.1) is 0 Å². The molecule has 1 aromatic rings. The molecule has 0 heterocycles. The molecule has 1 amide bonds. The summed E-state index contributed by atoms with van der Waals surface area (Å²) in [5, 5.41) is 3.21. The van der Waals surface area contributed by atoms with Crippen LogP contribution in [0.15, 0.2) is 36.4 Å². The van der Waals surface area contributed by atoms with E-state index in [1.807, 2.05) is 18.2 Å². The van der Waals surface area contributed by atoms with Crippen LogP contribution in [-0.4, -0.2) is 18.5 Å². The number of ether oxygens (including phenoxy) is 1. The summed E-state index contributed by atoms with van der Waals surface area (Å²) in [5.41, 5.74) is 0.817. The number of rotatable bonds is 5. The van der Waals surface area contributed by atoms with Crippen molar-refractivity contribution in [1.29, 1.82) is 0 Å². The fourth-order valence-corrected chi connectivity index (χ4v) is 1.42. The van der Waals surface area contributed by atoms with Crippen LogP contribution in [0.3, 0.4) is 0 Å². The quantitative estimate of drug-likeness (QED) is 0.656. The first-order chi connectivity index (χ1) is 8.63. The van der Waals surface area contributed by atoms with Crippen LogP contribution in [0.4, 0.5) is 0 Å². The van der Waals surface area contributed by atoms with Crippen LogP contribution in [0.1, 0.15) is 12.5 Å². The zero-order valence-corrected chi connectivity index (χ0v) is 10.7. The molecule has 0 saturated heterocycles. The van der Waals surface area contributed by atoms with E-state index in [2.05, 4.69) is 10.1 Å². The van der Waals surface area contributed by atoms with Gasteiger partial charge in [0.2, 0.25) is 5.91 Å². The second-order valence-electron chi connectivity index (χ2n) is 3.39. The second-order valence-corrected chi connectivity index (χ2v) is 3.80. The van der Waals surface area contributed by atoms with E-state index < -0.39 is 5.97 Å². The monoisotopic (exact) mass is 267 g/mol. The van der Waals surface area contributed by atoms with Gasteiger partial charge >= 0.3 is 5.97 Å². The normalized spacial score (nSPS) is 10.3. The Morgan fingerprint density at radius 1 is 1.33 bits per heavy atom. The molecule has 0 spiro atoms.